The average Bonchev–Trinajstić information content (AvgIpc) is 2.91. The van der Waals surface area contributed by atoms with Crippen LogP contribution in [0.1, 0.15) is 18.1 Å². The van der Waals surface area contributed by atoms with Crippen molar-refractivity contribution in [2.45, 2.75) is 19.4 Å². The van der Waals surface area contributed by atoms with Crippen molar-refractivity contribution in [1.82, 2.24) is 0 Å². The van der Waals surface area contributed by atoms with Crippen LogP contribution in [0.2, 0.25) is 0 Å². The van der Waals surface area contributed by atoms with Crippen molar-refractivity contribution in [3.8, 4) is 5.75 Å². The molecule has 1 heterocycles. The Hall–Kier alpha value is -2.55. The topological polar surface area (TPSA) is 29.5 Å². The maximum Gasteiger partial charge on any atom is 0.224 e. The Bertz CT molecular complexity index is 707. The Morgan fingerprint density at radius 1 is 1.23 bits per heavy atom. The predicted octanol–water partition coefficient (Wildman–Crippen LogP) is 3.69. The number of ether oxygens (including phenoxy) is 1. The van der Waals surface area contributed by atoms with Crippen LogP contribution in [-0.2, 0) is 11.2 Å². The third-order valence-electron chi connectivity index (χ3n) is 3.96. The van der Waals surface area contributed by atoms with Crippen LogP contribution in [0, 0.1) is 0 Å². The molecule has 0 fully saturated rings. The molecule has 1 amide bonds. The van der Waals surface area contributed by atoms with Crippen LogP contribution in [0.4, 0.5) is 5.69 Å². The number of fused-ring (bicyclic) bond motifs is 1. The Morgan fingerprint density at radius 3 is 2.68 bits per heavy atom. The van der Waals surface area contributed by atoms with Crippen molar-refractivity contribution in [1.29, 1.82) is 0 Å². The first-order chi connectivity index (χ1) is 10.7. The van der Waals surface area contributed by atoms with Crippen LogP contribution < -0.4 is 9.64 Å². The monoisotopic (exact) mass is 293 g/mol. The van der Waals surface area contributed by atoms with E-state index in [4.69, 9.17) is 4.74 Å². The zero-order valence-corrected chi connectivity index (χ0v) is 12.8. The number of nitrogens with zero attached hydrogens (tertiary/aromatic N) is 1. The van der Waals surface area contributed by atoms with Gasteiger partial charge in [0, 0.05) is 12.6 Å². The fourth-order valence-electron chi connectivity index (χ4n) is 2.93. The summed E-state index contributed by atoms with van der Waals surface area (Å²) in [5, 5.41) is 0. The minimum atomic E-state index is 0.0554. The van der Waals surface area contributed by atoms with Crippen LogP contribution in [0.25, 0.3) is 6.08 Å². The van der Waals surface area contributed by atoms with Gasteiger partial charge in [0.1, 0.15) is 5.75 Å². The molecule has 1 aliphatic heterocycles. The van der Waals surface area contributed by atoms with Crippen LogP contribution in [0.3, 0.4) is 0 Å². The van der Waals surface area contributed by atoms with Crippen molar-refractivity contribution in [2.24, 2.45) is 0 Å². The highest BCUT2D eigenvalue weighted by Gasteiger charge is 2.30. The lowest BCUT2D eigenvalue weighted by molar-refractivity contribution is -0.116. The molecule has 1 atom stereocenters. The van der Waals surface area contributed by atoms with Gasteiger partial charge in [0.25, 0.3) is 0 Å². The summed E-state index contributed by atoms with van der Waals surface area (Å²) in [5.74, 6) is 0.890. The number of carbonyl (C=O) groups excluding carboxylic acids is 1. The minimum absolute atomic E-state index is 0.0554. The standard InChI is InChI=1S/C19H19NO2/c1-14(21)20-17(9-8-15-6-4-3-5-7-15)12-16-13-18(22-2)10-11-19(16)20/h3-11,13,17H,12H2,1-2H3/b9-8+/t17-/m1/s1. The Morgan fingerprint density at radius 2 is 2.00 bits per heavy atom. The molecule has 1 aliphatic rings. The molecule has 22 heavy (non-hydrogen) atoms. The number of carbonyl (C=O) groups is 1. The second kappa shape index (κ2) is 6.06. The molecule has 2 aromatic carbocycles. The van der Waals surface area contributed by atoms with Gasteiger partial charge in [-0.2, -0.15) is 0 Å². The van der Waals surface area contributed by atoms with E-state index < -0.39 is 0 Å². The van der Waals surface area contributed by atoms with Crippen LogP contribution in [0.5, 0.6) is 5.75 Å². The summed E-state index contributed by atoms with van der Waals surface area (Å²) in [6, 6.07) is 16.1. The zero-order chi connectivity index (χ0) is 15.5. The van der Waals surface area contributed by atoms with Gasteiger partial charge < -0.3 is 9.64 Å². The fourth-order valence-corrected chi connectivity index (χ4v) is 2.93. The third-order valence-corrected chi connectivity index (χ3v) is 3.96. The van der Waals surface area contributed by atoms with E-state index in [1.165, 1.54) is 0 Å². The van der Waals surface area contributed by atoms with E-state index in [2.05, 4.69) is 24.3 Å². The lowest BCUT2D eigenvalue weighted by Gasteiger charge is -2.21. The molecule has 0 aliphatic carbocycles. The van der Waals surface area contributed by atoms with Crippen LogP contribution in [0.15, 0.2) is 54.6 Å². The fraction of sp³-hybridized carbons (Fsp3) is 0.211. The van der Waals surface area contributed by atoms with Crippen LogP contribution in [-0.4, -0.2) is 19.1 Å². The largest absolute Gasteiger partial charge is 0.497 e. The minimum Gasteiger partial charge on any atom is -0.497 e. The highest BCUT2D eigenvalue weighted by molar-refractivity contribution is 5.95. The molecule has 0 saturated heterocycles. The van der Waals surface area contributed by atoms with E-state index in [1.54, 1.807) is 14.0 Å². The summed E-state index contributed by atoms with van der Waals surface area (Å²) in [6.45, 7) is 1.61. The summed E-state index contributed by atoms with van der Waals surface area (Å²) < 4.78 is 5.28. The van der Waals surface area contributed by atoms with Crippen LogP contribution >= 0.6 is 0 Å². The Labute approximate surface area is 130 Å². The van der Waals surface area contributed by atoms with Gasteiger partial charge in [-0.05, 0) is 35.7 Å². The quantitative estimate of drug-likeness (QED) is 0.864. The molecule has 0 radical (unpaired) electrons. The first-order valence-electron chi connectivity index (χ1n) is 7.39. The Balaban J connectivity index is 1.89. The number of anilines is 1. The summed E-state index contributed by atoms with van der Waals surface area (Å²) in [6.07, 6.45) is 4.99. The highest BCUT2D eigenvalue weighted by Crippen LogP contribution is 2.35. The molecule has 0 bridgehead atoms. The molecule has 0 spiro atoms. The zero-order valence-electron chi connectivity index (χ0n) is 12.8. The molecule has 2 aromatic rings. The van der Waals surface area contributed by atoms with Gasteiger partial charge in [-0.3, -0.25) is 4.79 Å². The van der Waals surface area contributed by atoms with E-state index in [-0.39, 0.29) is 11.9 Å². The van der Waals surface area contributed by atoms with Gasteiger partial charge in [0.2, 0.25) is 5.91 Å². The van der Waals surface area contributed by atoms with Crippen molar-refractivity contribution >= 4 is 17.7 Å². The molecule has 3 rings (SSSR count). The van der Waals surface area contributed by atoms with Crippen molar-refractivity contribution < 1.29 is 9.53 Å². The lowest BCUT2D eigenvalue weighted by Crippen LogP contribution is -2.34. The number of methoxy groups -OCH3 is 1. The normalized spacial score (nSPS) is 16.8. The van der Waals surface area contributed by atoms with Gasteiger partial charge in [0.05, 0.1) is 13.2 Å². The molecule has 0 aromatic heterocycles. The maximum atomic E-state index is 12.0. The molecule has 0 saturated carbocycles. The van der Waals surface area contributed by atoms with E-state index in [0.29, 0.717) is 0 Å². The predicted molar refractivity (Wildman–Crippen MR) is 89.1 cm³/mol. The Kier molecular flexibility index (Phi) is 3.96. The van der Waals surface area contributed by atoms with Gasteiger partial charge >= 0.3 is 0 Å². The SMILES string of the molecule is COc1ccc2c(c1)C[C@@H](/C=C/c1ccccc1)N2C(C)=O. The molecule has 3 nitrogen and oxygen atoms in total. The lowest BCUT2D eigenvalue weighted by atomic mass is 10.1. The van der Waals surface area contributed by atoms with Crippen molar-refractivity contribution in [3.05, 3.63) is 65.7 Å². The third kappa shape index (κ3) is 2.75. The number of hydrogen-bond acceptors (Lipinski definition) is 2. The average molecular weight is 293 g/mol. The summed E-state index contributed by atoms with van der Waals surface area (Å²) in [4.78, 5) is 13.9. The van der Waals surface area contributed by atoms with E-state index in [9.17, 15) is 4.79 Å². The van der Waals surface area contributed by atoms with E-state index in [1.807, 2.05) is 41.3 Å². The smallest absolute Gasteiger partial charge is 0.224 e. The van der Waals surface area contributed by atoms with E-state index in [0.717, 1.165) is 29.0 Å². The number of amides is 1. The molecule has 0 N–H and O–H groups in total. The summed E-state index contributed by atoms with van der Waals surface area (Å²) in [5.41, 5.74) is 3.27. The number of rotatable bonds is 3. The maximum absolute atomic E-state index is 12.0. The summed E-state index contributed by atoms with van der Waals surface area (Å²) >= 11 is 0. The number of benzene rings is 2. The van der Waals surface area contributed by atoms with Gasteiger partial charge in [-0.1, -0.05) is 42.5 Å². The van der Waals surface area contributed by atoms with Crippen molar-refractivity contribution in [3.63, 3.8) is 0 Å². The molecule has 3 heteroatoms. The molecule has 112 valence electrons. The second-order valence-corrected chi connectivity index (χ2v) is 5.42. The summed E-state index contributed by atoms with van der Waals surface area (Å²) in [7, 11) is 1.66. The molecule has 0 unspecified atom stereocenters. The van der Waals surface area contributed by atoms with Crippen molar-refractivity contribution in [2.75, 3.05) is 12.0 Å². The first-order valence-corrected chi connectivity index (χ1v) is 7.39. The van der Waals surface area contributed by atoms with Gasteiger partial charge in [-0.25, -0.2) is 0 Å². The van der Waals surface area contributed by atoms with Gasteiger partial charge in [0.15, 0.2) is 0 Å². The highest BCUT2D eigenvalue weighted by atomic mass is 16.5. The van der Waals surface area contributed by atoms with Gasteiger partial charge in [-0.15, -0.1) is 0 Å². The van der Waals surface area contributed by atoms with E-state index >= 15 is 0 Å². The first kappa shape index (κ1) is 14.4. The number of hydrogen-bond donors (Lipinski definition) is 0. The molecular formula is C19H19NO2. The molecular weight excluding hydrogens is 274 g/mol. The second-order valence-electron chi connectivity index (χ2n) is 5.42.